The summed E-state index contributed by atoms with van der Waals surface area (Å²) in [6, 6.07) is 18.6. The molecule has 1 saturated heterocycles. The Labute approximate surface area is 161 Å². The van der Waals surface area contributed by atoms with Crippen LogP contribution in [-0.4, -0.2) is 44.6 Å². The first kappa shape index (κ1) is 18.6. The Morgan fingerprint density at radius 2 is 2.04 bits per heavy atom. The van der Waals surface area contributed by atoms with E-state index in [4.69, 9.17) is 11.6 Å². The van der Waals surface area contributed by atoms with Gasteiger partial charge in [0.05, 0.1) is 0 Å². The number of guanidine groups is 1. The third-order valence-electron chi connectivity index (χ3n) is 4.84. The van der Waals surface area contributed by atoms with E-state index in [0.29, 0.717) is 5.92 Å². The van der Waals surface area contributed by atoms with Crippen LogP contribution < -0.4 is 10.2 Å². The lowest BCUT2D eigenvalue weighted by Crippen LogP contribution is -2.41. The van der Waals surface area contributed by atoms with E-state index in [1.54, 1.807) is 0 Å². The molecule has 3 rings (SSSR count). The van der Waals surface area contributed by atoms with Crippen molar-refractivity contribution in [1.29, 1.82) is 0 Å². The summed E-state index contributed by atoms with van der Waals surface area (Å²) in [5.74, 6) is 1.55. The number of para-hydroxylation sites is 1. The number of hydrogen-bond donors (Lipinski definition) is 1. The van der Waals surface area contributed by atoms with Crippen LogP contribution in [0.4, 0.5) is 5.69 Å². The summed E-state index contributed by atoms with van der Waals surface area (Å²) in [7, 11) is 3.89. The van der Waals surface area contributed by atoms with Crippen LogP contribution in [0, 0.1) is 5.92 Å². The van der Waals surface area contributed by atoms with E-state index in [2.05, 4.69) is 63.6 Å². The lowest BCUT2D eigenvalue weighted by molar-refractivity contribution is 0.462. The number of anilines is 1. The molecule has 0 bridgehead atoms. The second-order valence-electron chi connectivity index (χ2n) is 6.85. The van der Waals surface area contributed by atoms with Gasteiger partial charge in [-0.05, 0) is 42.2 Å². The summed E-state index contributed by atoms with van der Waals surface area (Å²) in [6.45, 7) is 3.93. The fourth-order valence-electron chi connectivity index (χ4n) is 3.48. The van der Waals surface area contributed by atoms with E-state index in [0.717, 1.165) is 37.2 Å². The molecule has 2 aromatic carbocycles. The van der Waals surface area contributed by atoms with Gasteiger partial charge >= 0.3 is 0 Å². The van der Waals surface area contributed by atoms with Gasteiger partial charge in [-0.1, -0.05) is 41.9 Å². The maximum absolute atomic E-state index is 6.08. The molecule has 1 aliphatic rings. The van der Waals surface area contributed by atoms with Crippen molar-refractivity contribution in [3.05, 3.63) is 65.2 Å². The van der Waals surface area contributed by atoms with Crippen LogP contribution in [0.2, 0.25) is 5.02 Å². The molecule has 1 heterocycles. The number of benzene rings is 2. The van der Waals surface area contributed by atoms with Crippen molar-refractivity contribution >= 4 is 23.2 Å². The minimum absolute atomic E-state index is 0.631. The van der Waals surface area contributed by atoms with Crippen LogP contribution in [0.5, 0.6) is 0 Å². The van der Waals surface area contributed by atoms with Crippen LogP contribution in [0.3, 0.4) is 0 Å². The van der Waals surface area contributed by atoms with Crippen LogP contribution in [-0.2, 0) is 6.54 Å². The molecule has 4 nitrogen and oxygen atoms in total. The molecule has 0 spiro atoms. The molecular formula is C21H27ClN4. The Morgan fingerprint density at radius 1 is 1.23 bits per heavy atom. The third-order valence-corrected chi connectivity index (χ3v) is 5.07. The molecular weight excluding hydrogens is 344 g/mol. The molecule has 138 valence electrons. The fourth-order valence-corrected chi connectivity index (χ4v) is 3.69. The van der Waals surface area contributed by atoms with Crippen LogP contribution in [0.1, 0.15) is 12.0 Å². The number of nitrogens with one attached hydrogen (secondary N) is 1. The predicted molar refractivity (Wildman–Crippen MR) is 111 cm³/mol. The van der Waals surface area contributed by atoms with Crippen molar-refractivity contribution in [2.24, 2.45) is 10.9 Å². The molecule has 0 radical (unpaired) electrons. The first-order valence-electron chi connectivity index (χ1n) is 9.12. The van der Waals surface area contributed by atoms with Crippen molar-refractivity contribution in [3.63, 3.8) is 0 Å². The zero-order valence-corrected chi connectivity index (χ0v) is 16.3. The summed E-state index contributed by atoms with van der Waals surface area (Å²) in [6.07, 6.45) is 1.21. The normalized spacial score (nSPS) is 17.4. The van der Waals surface area contributed by atoms with Gasteiger partial charge in [-0.15, -0.1) is 0 Å². The highest BCUT2D eigenvalue weighted by atomic mass is 35.5. The summed E-state index contributed by atoms with van der Waals surface area (Å²) in [5.41, 5.74) is 2.50. The smallest absolute Gasteiger partial charge is 0.193 e. The second kappa shape index (κ2) is 8.95. The molecule has 1 aliphatic heterocycles. The number of nitrogens with zero attached hydrogens (tertiary/aromatic N) is 3. The van der Waals surface area contributed by atoms with E-state index in [-0.39, 0.29) is 0 Å². The van der Waals surface area contributed by atoms with Crippen LogP contribution in [0.25, 0.3) is 0 Å². The topological polar surface area (TPSA) is 30.9 Å². The van der Waals surface area contributed by atoms with E-state index >= 15 is 0 Å². The molecule has 0 aromatic heterocycles. The predicted octanol–water partition coefficient (Wildman–Crippen LogP) is 3.87. The van der Waals surface area contributed by atoms with Gasteiger partial charge < -0.3 is 15.1 Å². The molecule has 26 heavy (non-hydrogen) atoms. The molecule has 0 aliphatic carbocycles. The highest BCUT2D eigenvalue weighted by Gasteiger charge is 2.23. The standard InChI is InChI=1S/C21H27ClN4/c1-23-21(25(2)15-17-7-6-8-19(22)13-17)24-14-18-11-12-26(16-18)20-9-4-3-5-10-20/h3-10,13,18H,11-12,14-16H2,1-2H3,(H,23,24). The summed E-state index contributed by atoms with van der Waals surface area (Å²) in [4.78, 5) is 9.03. The highest BCUT2D eigenvalue weighted by molar-refractivity contribution is 6.30. The number of aliphatic imine (C=N–C) groups is 1. The quantitative estimate of drug-likeness (QED) is 0.640. The number of rotatable bonds is 5. The first-order chi connectivity index (χ1) is 12.7. The Morgan fingerprint density at radius 3 is 2.77 bits per heavy atom. The third kappa shape index (κ3) is 4.92. The van der Waals surface area contributed by atoms with Crippen molar-refractivity contribution < 1.29 is 0 Å². The van der Waals surface area contributed by atoms with E-state index in [9.17, 15) is 0 Å². The summed E-state index contributed by atoms with van der Waals surface area (Å²) >= 11 is 6.08. The van der Waals surface area contributed by atoms with Gasteiger partial charge in [0.2, 0.25) is 0 Å². The second-order valence-corrected chi connectivity index (χ2v) is 7.29. The summed E-state index contributed by atoms with van der Waals surface area (Å²) in [5, 5.41) is 4.30. The van der Waals surface area contributed by atoms with E-state index < -0.39 is 0 Å². The molecule has 1 N–H and O–H groups in total. The molecule has 5 heteroatoms. The molecule has 1 atom stereocenters. The Hall–Kier alpha value is -2.20. The highest BCUT2D eigenvalue weighted by Crippen LogP contribution is 2.23. The molecule has 2 aromatic rings. The SMILES string of the molecule is CN=C(NCC1CCN(c2ccccc2)C1)N(C)Cc1cccc(Cl)c1. The fraction of sp³-hybridized carbons (Fsp3) is 0.381. The van der Waals surface area contributed by atoms with Gasteiger partial charge in [-0.25, -0.2) is 0 Å². The van der Waals surface area contributed by atoms with Crippen molar-refractivity contribution in [3.8, 4) is 0 Å². The van der Waals surface area contributed by atoms with Crippen molar-refractivity contribution in [1.82, 2.24) is 10.2 Å². The Balaban J connectivity index is 1.50. The van der Waals surface area contributed by atoms with Gasteiger partial charge in [-0.2, -0.15) is 0 Å². The lowest BCUT2D eigenvalue weighted by Gasteiger charge is -2.24. The maximum Gasteiger partial charge on any atom is 0.193 e. The molecule has 1 fully saturated rings. The van der Waals surface area contributed by atoms with E-state index in [1.807, 2.05) is 25.2 Å². The molecule has 0 saturated carbocycles. The average molecular weight is 371 g/mol. The van der Waals surface area contributed by atoms with Gasteiger partial charge in [0.1, 0.15) is 0 Å². The zero-order valence-electron chi connectivity index (χ0n) is 15.5. The van der Waals surface area contributed by atoms with Crippen molar-refractivity contribution in [2.45, 2.75) is 13.0 Å². The lowest BCUT2D eigenvalue weighted by atomic mass is 10.1. The monoisotopic (exact) mass is 370 g/mol. The molecule has 1 unspecified atom stereocenters. The first-order valence-corrected chi connectivity index (χ1v) is 9.49. The molecule has 0 amide bonds. The average Bonchev–Trinajstić information content (AvgIpc) is 3.12. The number of halogens is 1. The summed E-state index contributed by atoms with van der Waals surface area (Å²) < 4.78 is 0. The largest absolute Gasteiger partial charge is 0.371 e. The Bertz CT molecular complexity index is 732. The van der Waals surface area contributed by atoms with Gasteiger partial charge in [-0.3, -0.25) is 4.99 Å². The van der Waals surface area contributed by atoms with Gasteiger partial charge in [0, 0.05) is 51.0 Å². The van der Waals surface area contributed by atoms with Crippen molar-refractivity contribution in [2.75, 3.05) is 38.6 Å². The minimum Gasteiger partial charge on any atom is -0.371 e. The van der Waals surface area contributed by atoms with Crippen LogP contribution >= 0.6 is 11.6 Å². The number of hydrogen-bond acceptors (Lipinski definition) is 2. The van der Waals surface area contributed by atoms with Gasteiger partial charge in [0.15, 0.2) is 5.96 Å². The van der Waals surface area contributed by atoms with E-state index in [1.165, 1.54) is 17.7 Å². The minimum atomic E-state index is 0.631. The Kier molecular flexibility index (Phi) is 6.40. The van der Waals surface area contributed by atoms with Crippen LogP contribution in [0.15, 0.2) is 59.6 Å². The maximum atomic E-state index is 6.08. The zero-order chi connectivity index (χ0) is 18.4. The van der Waals surface area contributed by atoms with Gasteiger partial charge in [0.25, 0.3) is 0 Å².